The molecule has 0 aromatic rings. The van der Waals surface area contributed by atoms with Crippen LogP contribution in [0.25, 0.3) is 0 Å². The number of nitrogens with one attached hydrogen (secondary N) is 5. The number of carbonyl (C=O) groups is 11. The molecule has 11 N–H and O–H groups in total. The van der Waals surface area contributed by atoms with Crippen molar-refractivity contribution >= 4 is 65.0 Å². The first-order valence-electron chi connectivity index (χ1n) is 22.7. The van der Waals surface area contributed by atoms with Crippen LogP contribution in [0.4, 0.5) is 0 Å². The fourth-order valence-electron chi connectivity index (χ4n) is 9.47. The molecule has 10 amide bonds. The molecule has 26 nitrogen and oxygen atoms in total. The van der Waals surface area contributed by atoms with E-state index in [0.29, 0.717) is 51.4 Å². The lowest BCUT2D eigenvalue weighted by atomic mass is 10.1. The summed E-state index contributed by atoms with van der Waals surface area (Å²) in [6, 6.07) is -10.6. The van der Waals surface area contributed by atoms with Crippen LogP contribution in [0.3, 0.4) is 0 Å². The van der Waals surface area contributed by atoms with E-state index in [1.165, 1.54) is 31.4 Å². The van der Waals surface area contributed by atoms with Crippen LogP contribution in [0, 0.1) is 0 Å². The molecule has 0 bridgehead atoms. The van der Waals surface area contributed by atoms with Crippen molar-refractivity contribution in [2.24, 2.45) is 5.73 Å². The number of nitrogens with zero attached hydrogens (tertiary/aromatic N) is 5. The minimum Gasteiger partial charge on any atom is -0.480 e. The van der Waals surface area contributed by atoms with E-state index >= 15 is 0 Å². The van der Waals surface area contributed by atoms with Crippen LogP contribution in [0.15, 0.2) is 0 Å². The number of hydrogen-bond acceptors (Lipinski definition) is 15. The zero-order valence-electron chi connectivity index (χ0n) is 37.4. The topological polar surface area (TPSA) is 371 Å². The SMILES string of the molecule is C[C@H](NC(=O)CNC(=O)[C@H](CO)NC(=O)[C@H](CO)NC(=O)[C@@H]1CCCN1C(=O)CN)C(=O)N1CCC[C@H]1C(=O)N1CCC[C@H]1C(=O)N1CCC[C@H]1C(=O)N1CCC[C@H]1C(=O)N[C@@H](CO)C(=O)O. The molecule has 5 heterocycles. The Bertz CT molecular complexity index is 1920. The van der Waals surface area contributed by atoms with Crippen LogP contribution in [-0.4, -0.2) is 230 Å². The molecule has 5 saturated heterocycles. The number of carbonyl (C=O) groups excluding carboxylic acids is 10. The van der Waals surface area contributed by atoms with Gasteiger partial charge in [-0.2, -0.15) is 0 Å². The molecule has 5 aliphatic heterocycles. The van der Waals surface area contributed by atoms with E-state index in [4.69, 9.17) is 5.73 Å². The molecule has 26 heteroatoms. The Labute approximate surface area is 385 Å². The van der Waals surface area contributed by atoms with E-state index in [9.17, 15) is 73.2 Å². The van der Waals surface area contributed by atoms with Crippen LogP contribution in [0.5, 0.6) is 0 Å². The Morgan fingerprint density at radius 2 is 0.910 bits per heavy atom. The van der Waals surface area contributed by atoms with E-state index in [2.05, 4.69) is 26.6 Å². The Morgan fingerprint density at radius 3 is 1.37 bits per heavy atom. The van der Waals surface area contributed by atoms with Gasteiger partial charge in [0.2, 0.25) is 59.1 Å². The predicted octanol–water partition coefficient (Wildman–Crippen LogP) is -6.96. The van der Waals surface area contributed by atoms with E-state index in [1.54, 1.807) is 0 Å². The van der Waals surface area contributed by atoms with Gasteiger partial charge in [-0.25, -0.2) is 4.79 Å². The van der Waals surface area contributed by atoms with Crippen LogP contribution in [0.1, 0.15) is 71.1 Å². The van der Waals surface area contributed by atoms with Crippen molar-refractivity contribution in [2.45, 2.75) is 126 Å². The third-order valence-corrected chi connectivity index (χ3v) is 13.0. The van der Waals surface area contributed by atoms with Crippen molar-refractivity contribution in [2.75, 3.05) is 65.6 Å². The van der Waals surface area contributed by atoms with Crippen molar-refractivity contribution in [3.05, 3.63) is 0 Å². The fourth-order valence-corrected chi connectivity index (χ4v) is 9.47. The third-order valence-electron chi connectivity index (χ3n) is 13.0. The summed E-state index contributed by atoms with van der Waals surface area (Å²) in [5.41, 5.74) is 5.42. The first-order valence-corrected chi connectivity index (χ1v) is 22.7. The predicted molar refractivity (Wildman–Crippen MR) is 228 cm³/mol. The van der Waals surface area contributed by atoms with Crippen molar-refractivity contribution < 1.29 is 73.2 Å². The number of aliphatic hydroxyl groups excluding tert-OH is 3. The maximum absolute atomic E-state index is 14.2. The third kappa shape index (κ3) is 12.1. The maximum Gasteiger partial charge on any atom is 0.328 e. The number of aliphatic hydroxyl groups is 3. The van der Waals surface area contributed by atoms with Crippen LogP contribution < -0.4 is 32.3 Å². The minimum absolute atomic E-state index is 0.176. The van der Waals surface area contributed by atoms with Crippen molar-refractivity contribution in [1.82, 2.24) is 51.1 Å². The summed E-state index contributed by atoms with van der Waals surface area (Å²) in [5, 5.41) is 49.8. The van der Waals surface area contributed by atoms with Gasteiger partial charge in [0.25, 0.3) is 0 Å². The molecule has 372 valence electrons. The summed E-state index contributed by atoms with van der Waals surface area (Å²) < 4.78 is 0. The number of carboxylic acid groups (broad SMARTS) is 1. The maximum atomic E-state index is 14.2. The van der Waals surface area contributed by atoms with Gasteiger partial charge in [0, 0.05) is 32.7 Å². The quantitative estimate of drug-likeness (QED) is 0.0575. The van der Waals surface area contributed by atoms with Gasteiger partial charge in [-0.05, 0) is 71.1 Å². The van der Waals surface area contributed by atoms with Crippen LogP contribution in [0.2, 0.25) is 0 Å². The highest BCUT2D eigenvalue weighted by molar-refractivity contribution is 5.99. The van der Waals surface area contributed by atoms with E-state index < -0.39 is 146 Å². The zero-order valence-corrected chi connectivity index (χ0v) is 37.4. The molecule has 0 radical (unpaired) electrons. The number of nitrogens with two attached hydrogens (primary N) is 1. The second-order valence-electron chi connectivity index (χ2n) is 17.3. The lowest BCUT2D eigenvalue weighted by molar-refractivity contribution is -0.153. The van der Waals surface area contributed by atoms with Crippen molar-refractivity contribution in [1.29, 1.82) is 0 Å². The molecule has 5 aliphatic rings. The second kappa shape index (κ2) is 23.6. The molecule has 67 heavy (non-hydrogen) atoms. The lowest BCUT2D eigenvalue weighted by Crippen LogP contribution is -2.59. The summed E-state index contributed by atoms with van der Waals surface area (Å²) in [6.45, 7) is -1.17. The van der Waals surface area contributed by atoms with Gasteiger partial charge in [-0.3, -0.25) is 47.9 Å². The summed E-state index contributed by atoms with van der Waals surface area (Å²) in [7, 11) is 0. The lowest BCUT2D eigenvalue weighted by Gasteiger charge is -2.36. The monoisotopic (exact) mass is 949 g/mol. The standard InChI is InChI=1S/C41H63N11O15/c1-22(44-31(56)18-43-33(58)23(19-53)45-34(59)24(20-54)46-35(60)26-7-2-12-48(26)32(57)17-42)37(62)50-14-4-9-28(50)39(64)52-16-6-11-30(52)40(65)51-15-5-10-29(51)38(63)49-13-3-8-27(49)36(61)47-25(21-55)41(66)67/h22-30,53-55H,2-21,42H2,1H3,(H,43,58)(H,44,56)(H,45,59)(H,46,60)(H,47,61)(H,66,67)/t22-,23-,24-,25-,26-,27-,28-,29-,30-/m0/s1. The number of amides is 10. The summed E-state index contributed by atoms with van der Waals surface area (Å²) in [4.78, 5) is 151. The van der Waals surface area contributed by atoms with Gasteiger partial charge in [0.1, 0.15) is 54.4 Å². The summed E-state index contributed by atoms with van der Waals surface area (Å²) in [5.74, 6) is -8.20. The van der Waals surface area contributed by atoms with Gasteiger partial charge in [-0.1, -0.05) is 0 Å². The molecule has 5 fully saturated rings. The highest BCUT2D eigenvalue weighted by Crippen LogP contribution is 2.30. The second-order valence-corrected chi connectivity index (χ2v) is 17.3. The number of aliphatic carboxylic acids is 1. The Morgan fingerprint density at radius 1 is 0.522 bits per heavy atom. The van der Waals surface area contributed by atoms with Gasteiger partial charge in [0.05, 0.1) is 32.9 Å². The summed E-state index contributed by atoms with van der Waals surface area (Å²) >= 11 is 0. The molecule has 5 rings (SSSR count). The molecular weight excluding hydrogens is 887 g/mol. The zero-order chi connectivity index (χ0) is 49.1. The number of likely N-dealkylation sites (tertiary alicyclic amines) is 5. The Balaban J connectivity index is 1.11. The largest absolute Gasteiger partial charge is 0.480 e. The molecule has 0 spiro atoms. The van der Waals surface area contributed by atoms with Gasteiger partial charge < -0.3 is 77.2 Å². The normalized spacial score (nSPS) is 24.4. The van der Waals surface area contributed by atoms with Gasteiger partial charge in [0.15, 0.2) is 0 Å². The molecule has 0 aromatic heterocycles. The van der Waals surface area contributed by atoms with E-state index in [-0.39, 0.29) is 52.1 Å². The molecule has 0 aliphatic carbocycles. The number of hydrogen-bond donors (Lipinski definition) is 10. The molecule has 0 unspecified atom stereocenters. The molecule has 0 aromatic carbocycles. The Hall–Kier alpha value is -5.99. The Kier molecular flexibility index (Phi) is 18.3. The average Bonchev–Trinajstić information content (AvgIpc) is 4.18. The van der Waals surface area contributed by atoms with Crippen LogP contribution >= 0.6 is 0 Å². The van der Waals surface area contributed by atoms with E-state index in [1.807, 2.05) is 0 Å². The number of rotatable bonds is 19. The fraction of sp³-hybridized carbons (Fsp3) is 0.732. The van der Waals surface area contributed by atoms with Crippen molar-refractivity contribution in [3.63, 3.8) is 0 Å². The average molecular weight is 950 g/mol. The van der Waals surface area contributed by atoms with E-state index in [0.717, 1.165) is 0 Å². The molecule has 0 saturated carbocycles. The van der Waals surface area contributed by atoms with Gasteiger partial charge >= 0.3 is 5.97 Å². The number of carboxylic acids is 1. The molecular formula is C41H63N11O15. The van der Waals surface area contributed by atoms with Crippen LogP contribution in [-0.2, 0) is 52.7 Å². The van der Waals surface area contributed by atoms with Gasteiger partial charge in [-0.15, -0.1) is 0 Å². The first kappa shape index (κ1) is 52.0. The smallest absolute Gasteiger partial charge is 0.328 e. The summed E-state index contributed by atoms with van der Waals surface area (Å²) in [6.07, 6.45) is 3.88. The first-order chi connectivity index (χ1) is 32.0. The highest BCUT2D eigenvalue weighted by Gasteiger charge is 2.48. The van der Waals surface area contributed by atoms with Crippen molar-refractivity contribution in [3.8, 4) is 0 Å². The minimum atomic E-state index is -1.62. The highest BCUT2D eigenvalue weighted by atomic mass is 16.4. The molecule has 9 atom stereocenters.